The third-order valence-corrected chi connectivity index (χ3v) is 4.53. The van der Waals surface area contributed by atoms with Gasteiger partial charge in [-0.2, -0.15) is 11.3 Å². The third-order valence-electron chi connectivity index (χ3n) is 2.77. The number of hydrogen-bond donors (Lipinski definition) is 1. The summed E-state index contributed by atoms with van der Waals surface area (Å²) in [5.74, 6) is -0.0866. The Kier molecular flexibility index (Phi) is 3.57. The van der Waals surface area contributed by atoms with Crippen molar-refractivity contribution in [2.24, 2.45) is 0 Å². The molecule has 0 aliphatic carbocycles. The standard InChI is InChI=1S/C14H12N2OS2/c17-13(15-7-5-10-6-8-18-9-10)14-16-11-3-1-2-4-12(11)19-14/h1-4,6,8-9H,5,7H2,(H,15,17). The molecule has 0 radical (unpaired) electrons. The highest BCUT2D eigenvalue weighted by Crippen LogP contribution is 2.21. The molecular weight excluding hydrogens is 276 g/mol. The van der Waals surface area contributed by atoms with Gasteiger partial charge in [-0.3, -0.25) is 4.79 Å². The average Bonchev–Trinajstić information content (AvgIpc) is 3.07. The maximum absolute atomic E-state index is 12.0. The normalized spacial score (nSPS) is 10.7. The molecule has 0 aliphatic rings. The highest BCUT2D eigenvalue weighted by Gasteiger charge is 2.11. The van der Waals surface area contributed by atoms with E-state index in [1.54, 1.807) is 11.3 Å². The van der Waals surface area contributed by atoms with Crippen LogP contribution in [0.1, 0.15) is 15.4 Å². The number of amides is 1. The Morgan fingerprint density at radius 1 is 1.26 bits per heavy atom. The first-order chi connectivity index (χ1) is 9.33. The van der Waals surface area contributed by atoms with Crippen LogP contribution in [0.3, 0.4) is 0 Å². The summed E-state index contributed by atoms with van der Waals surface area (Å²) in [6.45, 7) is 0.644. The van der Waals surface area contributed by atoms with Gasteiger partial charge in [-0.05, 0) is 40.9 Å². The second kappa shape index (κ2) is 5.50. The molecule has 2 heterocycles. The molecule has 0 atom stereocenters. The number of carbonyl (C=O) groups is 1. The molecule has 1 amide bonds. The zero-order valence-electron chi connectivity index (χ0n) is 10.1. The van der Waals surface area contributed by atoms with Crippen LogP contribution in [0.5, 0.6) is 0 Å². The van der Waals surface area contributed by atoms with Crippen LogP contribution >= 0.6 is 22.7 Å². The summed E-state index contributed by atoms with van der Waals surface area (Å²) in [7, 11) is 0. The van der Waals surface area contributed by atoms with E-state index in [1.807, 2.05) is 29.6 Å². The van der Waals surface area contributed by atoms with E-state index in [0.29, 0.717) is 11.6 Å². The molecule has 0 saturated carbocycles. The molecule has 2 aromatic heterocycles. The molecule has 0 spiro atoms. The molecule has 1 N–H and O–H groups in total. The number of benzene rings is 1. The fraction of sp³-hybridized carbons (Fsp3) is 0.143. The molecule has 19 heavy (non-hydrogen) atoms. The molecule has 0 aliphatic heterocycles. The number of hydrogen-bond acceptors (Lipinski definition) is 4. The number of para-hydroxylation sites is 1. The van der Waals surface area contributed by atoms with Gasteiger partial charge in [0, 0.05) is 6.54 Å². The molecule has 1 aromatic carbocycles. The van der Waals surface area contributed by atoms with E-state index in [0.717, 1.165) is 16.6 Å². The summed E-state index contributed by atoms with van der Waals surface area (Å²) >= 11 is 3.11. The van der Waals surface area contributed by atoms with Gasteiger partial charge in [0.2, 0.25) is 0 Å². The first kappa shape index (κ1) is 12.3. The van der Waals surface area contributed by atoms with Crippen LogP contribution in [0, 0.1) is 0 Å². The second-order valence-corrected chi connectivity index (χ2v) is 5.93. The Morgan fingerprint density at radius 3 is 2.95 bits per heavy atom. The van der Waals surface area contributed by atoms with Crippen molar-refractivity contribution >= 4 is 38.8 Å². The largest absolute Gasteiger partial charge is 0.350 e. The number of carbonyl (C=O) groups excluding carboxylic acids is 1. The summed E-state index contributed by atoms with van der Waals surface area (Å²) in [6.07, 6.45) is 0.861. The van der Waals surface area contributed by atoms with E-state index in [4.69, 9.17) is 0 Å². The van der Waals surface area contributed by atoms with Gasteiger partial charge in [-0.15, -0.1) is 11.3 Å². The van der Waals surface area contributed by atoms with Gasteiger partial charge >= 0.3 is 0 Å². The van der Waals surface area contributed by atoms with Crippen molar-refractivity contribution < 1.29 is 4.79 Å². The van der Waals surface area contributed by atoms with Crippen molar-refractivity contribution in [2.45, 2.75) is 6.42 Å². The van der Waals surface area contributed by atoms with Gasteiger partial charge in [0.15, 0.2) is 5.01 Å². The topological polar surface area (TPSA) is 42.0 Å². The molecule has 3 aromatic rings. The number of aromatic nitrogens is 1. The Morgan fingerprint density at radius 2 is 2.16 bits per heavy atom. The molecule has 0 saturated heterocycles. The summed E-state index contributed by atoms with van der Waals surface area (Å²) in [5.41, 5.74) is 2.14. The Hall–Kier alpha value is -1.72. The Balaban J connectivity index is 1.63. The minimum atomic E-state index is -0.0866. The number of fused-ring (bicyclic) bond motifs is 1. The fourth-order valence-electron chi connectivity index (χ4n) is 1.80. The fourth-order valence-corrected chi connectivity index (χ4v) is 3.39. The van der Waals surface area contributed by atoms with Crippen LogP contribution in [-0.2, 0) is 6.42 Å². The zero-order chi connectivity index (χ0) is 13.1. The lowest BCUT2D eigenvalue weighted by Crippen LogP contribution is -2.25. The minimum Gasteiger partial charge on any atom is -0.350 e. The van der Waals surface area contributed by atoms with Crippen LogP contribution < -0.4 is 5.32 Å². The van der Waals surface area contributed by atoms with Crippen molar-refractivity contribution in [2.75, 3.05) is 6.54 Å². The quantitative estimate of drug-likeness (QED) is 0.800. The molecule has 96 valence electrons. The van der Waals surface area contributed by atoms with Crippen LogP contribution in [0.4, 0.5) is 0 Å². The summed E-state index contributed by atoms with van der Waals surface area (Å²) in [5, 5.41) is 7.59. The maximum Gasteiger partial charge on any atom is 0.280 e. The maximum atomic E-state index is 12.0. The number of thiazole rings is 1. The van der Waals surface area contributed by atoms with Crippen LogP contribution in [0.25, 0.3) is 10.2 Å². The molecule has 0 unspecified atom stereocenters. The molecule has 3 nitrogen and oxygen atoms in total. The number of rotatable bonds is 4. The SMILES string of the molecule is O=C(NCCc1ccsc1)c1nc2ccccc2s1. The van der Waals surface area contributed by atoms with Crippen LogP contribution in [-0.4, -0.2) is 17.4 Å². The molecule has 0 fully saturated rings. The van der Waals surface area contributed by atoms with E-state index in [9.17, 15) is 4.79 Å². The highest BCUT2D eigenvalue weighted by molar-refractivity contribution is 7.20. The van der Waals surface area contributed by atoms with Crippen molar-refractivity contribution in [3.8, 4) is 0 Å². The minimum absolute atomic E-state index is 0.0866. The van der Waals surface area contributed by atoms with Gasteiger partial charge in [0.1, 0.15) is 0 Å². The monoisotopic (exact) mass is 288 g/mol. The van der Waals surface area contributed by atoms with Crippen molar-refractivity contribution in [1.82, 2.24) is 10.3 Å². The predicted molar refractivity (Wildman–Crippen MR) is 80.0 cm³/mol. The van der Waals surface area contributed by atoms with E-state index in [-0.39, 0.29) is 5.91 Å². The van der Waals surface area contributed by atoms with E-state index < -0.39 is 0 Å². The first-order valence-corrected chi connectivity index (χ1v) is 7.74. The van der Waals surface area contributed by atoms with Gasteiger partial charge in [-0.1, -0.05) is 12.1 Å². The van der Waals surface area contributed by atoms with Gasteiger partial charge in [0.25, 0.3) is 5.91 Å². The lowest BCUT2D eigenvalue weighted by atomic mass is 10.2. The highest BCUT2D eigenvalue weighted by atomic mass is 32.1. The van der Waals surface area contributed by atoms with Crippen molar-refractivity contribution in [3.63, 3.8) is 0 Å². The number of nitrogens with zero attached hydrogens (tertiary/aromatic N) is 1. The van der Waals surface area contributed by atoms with Gasteiger partial charge in [-0.25, -0.2) is 4.98 Å². The smallest absolute Gasteiger partial charge is 0.280 e. The van der Waals surface area contributed by atoms with E-state index >= 15 is 0 Å². The zero-order valence-corrected chi connectivity index (χ0v) is 11.8. The van der Waals surface area contributed by atoms with Crippen LogP contribution in [0.15, 0.2) is 41.1 Å². The number of thiophene rings is 1. The van der Waals surface area contributed by atoms with E-state index in [1.165, 1.54) is 16.9 Å². The van der Waals surface area contributed by atoms with Gasteiger partial charge in [0.05, 0.1) is 10.2 Å². The second-order valence-electron chi connectivity index (χ2n) is 4.12. The third kappa shape index (κ3) is 2.83. The van der Waals surface area contributed by atoms with Gasteiger partial charge < -0.3 is 5.32 Å². The predicted octanol–water partition coefficient (Wildman–Crippen LogP) is 3.33. The molecular formula is C14H12N2OS2. The summed E-state index contributed by atoms with van der Waals surface area (Å²) < 4.78 is 1.05. The first-order valence-electron chi connectivity index (χ1n) is 5.98. The average molecular weight is 288 g/mol. The lowest BCUT2D eigenvalue weighted by Gasteiger charge is -2.00. The molecule has 0 bridgehead atoms. The summed E-state index contributed by atoms with van der Waals surface area (Å²) in [6, 6.07) is 9.87. The van der Waals surface area contributed by atoms with Crippen molar-refractivity contribution in [1.29, 1.82) is 0 Å². The van der Waals surface area contributed by atoms with Crippen molar-refractivity contribution in [3.05, 3.63) is 51.7 Å². The molecule has 3 rings (SSSR count). The summed E-state index contributed by atoms with van der Waals surface area (Å²) in [4.78, 5) is 16.3. The Labute approximate surface area is 118 Å². The Bertz CT molecular complexity index is 655. The molecule has 5 heteroatoms. The van der Waals surface area contributed by atoms with E-state index in [2.05, 4.69) is 21.7 Å². The lowest BCUT2D eigenvalue weighted by molar-refractivity contribution is 0.0954. The number of nitrogens with one attached hydrogen (secondary N) is 1. The van der Waals surface area contributed by atoms with Crippen LogP contribution in [0.2, 0.25) is 0 Å².